The van der Waals surface area contributed by atoms with Gasteiger partial charge in [-0.25, -0.2) is 4.39 Å². The van der Waals surface area contributed by atoms with Gasteiger partial charge in [-0.1, -0.05) is 6.07 Å². The number of hydrogen-bond donors (Lipinski definition) is 1. The molecule has 0 amide bonds. The normalized spacial score (nSPS) is 16.7. The van der Waals surface area contributed by atoms with E-state index in [1.54, 1.807) is 14.2 Å². The van der Waals surface area contributed by atoms with Crippen molar-refractivity contribution in [3.05, 3.63) is 58.4 Å². The predicted molar refractivity (Wildman–Crippen MR) is 93.7 cm³/mol. The second-order valence-electron chi connectivity index (χ2n) is 6.51. The maximum atomic E-state index is 13.8. The molecule has 0 saturated carbocycles. The van der Waals surface area contributed by atoms with Crippen LogP contribution in [0.3, 0.4) is 0 Å². The maximum absolute atomic E-state index is 13.8. The van der Waals surface area contributed by atoms with Gasteiger partial charge in [0.25, 0.3) is 0 Å². The summed E-state index contributed by atoms with van der Waals surface area (Å²) < 4.78 is 62.5. The highest BCUT2D eigenvalue weighted by Crippen LogP contribution is 2.37. The van der Waals surface area contributed by atoms with E-state index in [1.165, 1.54) is 6.07 Å². The van der Waals surface area contributed by atoms with Crippen LogP contribution in [0.15, 0.2) is 30.3 Å². The Morgan fingerprint density at radius 2 is 1.78 bits per heavy atom. The molecule has 0 bridgehead atoms. The fraction of sp³-hybridized carbons (Fsp3) is 0.400. The Morgan fingerprint density at radius 3 is 2.41 bits per heavy atom. The van der Waals surface area contributed by atoms with E-state index in [0.29, 0.717) is 29.9 Å². The standard InChI is InChI=1S/C20H21F4NO2/c1-26-18-10-13-7-8-25-17(14(13)11-19(18)27-2)6-4-12-3-5-15(16(21)9-12)20(22,23)24/h3,5,9-11,17,25H,4,6-8H2,1-2H3. The lowest BCUT2D eigenvalue weighted by molar-refractivity contribution is -0.140. The zero-order valence-corrected chi connectivity index (χ0v) is 15.1. The monoisotopic (exact) mass is 383 g/mol. The van der Waals surface area contributed by atoms with Crippen molar-refractivity contribution in [2.75, 3.05) is 20.8 Å². The number of rotatable bonds is 5. The van der Waals surface area contributed by atoms with Gasteiger partial charge in [-0.2, -0.15) is 13.2 Å². The minimum Gasteiger partial charge on any atom is -0.493 e. The summed E-state index contributed by atoms with van der Waals surface area (Å²) in [6.45, 7) is 0.786. The molecular weight excluding hydrogens is 362 g/mol. The van der Waals surface area contributed by atoms with Crippen LogP contribution in [-0.2, 0) is 19.0 Å². The number of ether oxygens (including phenoxy) is 2. The van der Waals surface area contributed by atoms with Crippen molar-refractivity contribution in [1.29, 1.82) is 0 Å². The molecule has 3 nitrogen and oxygen atoms in total. The molecule has 7 heteroatoms. The van der Waals surface area contributed by atoms with E-state index in [9.17, 15) is 17.6 Å². The topological polar surface area (TPSA) is 30.5 Å². The first kappa shape index (κ1) is 19.5. The summed E-state index contributed by atoms with van der Waals surface area (Å²) in [6, 6.07) is 7.02. The lowest BCUT2D eigenvalue weighted by atomic mass is 9.90. The minimum atomic E-state index is -4.68. The van der Waals surface area contributed by atoms with Gasteiger partial charge >= 0.3 is 6.18 Å². The molecule has 1 aliphatic rings. The molecule has 1 N–H and O–H groups in total. The van der Waals surface area contributed by atoms with Gasteiger partial charge in [-0.3, -0.25) is 0 Å². The first-order valence-electron chi connectivity index (χ1n) is 8.67. The highest BCUT2D eigenvalue weighted by molar-refractivity contribution is 5.49. The second-order valence-corrected chi connectivity index (χ2v) is 6.51. The molecule has 2 aromatic rings. The molecule has 27 heavy (non-hydrogen) atoms. The smallest absolute Gasteiger partial charge is 0.419 e. The van der Waals surface area contributed by atoms with Crippen LogP contribution >= 0.6 is 0 Å². The van der Waals surface area contributed by atoms with Gasteiger partial charge in [0, 0.05) is 6.04 Å². The molecule has 2 aromatic carbocycles. The van der Waals surface area contributed by atoms with Gasteiger partial charge in [0.15, 0.2) is 11.5 Å². The zero-order chi connectivity index (χ0) is 19.6. The first-order valence-corrected chi connectivity index (χ1v) is 8.67. The van der Waals surface area contributed by atoms with Crippen LogP contribution in [0.2, 0.25) is 0 Å². The Balaban J connectivity index is 1.78. The largest absolute Gasteiger partial charge is 0.493 e. The number of hydrogen-bond acceptors (Lipinski definition) is 3. The van der Waals surface area contributed by atoms with Crippen molar-refractivity contribution < 1.29 is 27.0 Å². The third-order valence-electron chi connectivity index (χ3n) is 4.87. The molecule has 0 fully saturated rings. The zero-order valence-electron chi connectivity index (χ0n) is 15.1. The molecule has 1 unspecified atom stereocenters. The van der Waals surface area contributed by atoms with Crippen LogP contribution in [0, 0.1) is 5.82 Å². The summed E-state index contributed by atoms with van der Waals surface area (Å²) in [4.78, 5) is 0. The van der Waals surface area contributed by atoms with E-state index in [2.05, 4.69) is 5.32 Å². The number of aryl methyl sites for hydroxylation is 1. The first-order chi connectivity index (χ1) is 12.8. The van der Waals surface area contributed by atoms with Crippen molar-refractivity contribution in [3.8, 4) is 11.5 Å². The molecular formula is C20H21F4NO2. The Hall–Kier alpha value is -2.28. The van der Waals surface area contributed by atoms with E-state index in [-0.39, 0.29) is 6.04 Å². The van der Waals surface area contributed by atoms with Gasteiger partial charge < -0.3 is 14.8 Å². The molecule has 0 aliphatic carbocycles. The van der Waals surface area contributed by atoms with Gasteiger partial charge in [0.2, 0.25) is 0 Å². The lowest BCUT2D eigenvalue weighted by Crippen LogP contribution is -2.30. The summed E-state index contributed by atoms with van der Waals surface area (Å²) in [5.41, 5.74) is 1.53. The Bertz CT molecular complexity index is 820. The average molecular weight is 383 g/mol. The van der Waals surface area contributed by atoms with Crippen LogP contribution in [0.4, 0.5) is 17.6 Å². The van der Waals surface area contributed by atoms with Crippen LogP contribution in [0.25, 0.3) is 0 Å². The van der Waals surface area contributed by atoms with Crippen LogP contribution in [0.5, 0.6) is 11.5 Å². The molecule has 1 aliphatic heterocycles. The summed E-state index contributed by atoms with van der Waals surface area (Å²) in [7, 11) is 3.16. The van der Waals surface area contributed by atoms with E-state index < -0.39 is 17.6 Å². The molecule has 0 saturated heterocycles. The van der Waals surface area contributed by atoms with Gasteiger partial charge in [0.1, 0.15) is 5.82 Å². The van der Waals surface area contributed by atoms with Crippen molar-refractivity contribution in [3.63, 3.8) is 0 Å². The van der Waals surface area contributed by atoms with E-state index >= 15 is 0 Å². The highest BCUT2D eigenvalue weighted by atomic mass is 19.4. The van der Waals surface area contributed by atoms with Crippen LogP contribution < -0.4 is 14.8 Å². The molecule has 3 rings (SSSR count). The maximum Gasteiger partial charge on any atom is 0.419 e. The fourth-order valence-electron chi connectivity index (χ4n) is 3.48. The SMILES string of the molecule is COc1cc2c(cc1OC)C(CCc1ccc(C(F)(F)F)c(F)c1)NCC2. The van der Waals surface area contributed by atoms with Crippen molar-refractivity contribution in [1.82, 2.24) is 5.32 Å². The Morgan fingerprint density at radius 1 is 1.07 bits per heavy atom. The molecule has 1 heterocycles. The highest BCUT2D eigenvalue weighted by Gasteiger charge is 2.34. The van der Waals surface area contributed by atoms with E-state index in [1.807, 2.05) is 12.1 Å². The summed E-state index contributed by atoms with van der Waals surface area (Å²) >= 11 is 0. The van der Waals surface area contributed by atoms with Gasteiger partial charge in [0.05, 0.1) is 19.8 Å². The molecule has 0 spiro atoms. The number of nitrogens with one attached hydrogen (secondary N) is 1. The lowest BCUT2D eigenvalue weighted by Gasteiger charge is -2.28. The van der Waals surface area contributed by atoms with E-state index in [0.717, 1.165) is 36.2 Å². The third kappa shape index (κ3) is 4.18. The predicted octanol–water partition coefficient (Wildman–Crippen LogP) is 4.68. The minimum absolute atomic E-state index is 0.0129. The number of alkyl halides is 3. The van der Waals surface area contributed by atoms with Crippen molar-refractivity contribution in [2.24, 2.45) is 0 Å². The van der Waals surface area contributed by atoms with Crippen LogP contribution in [-0.4, -0.2) is 20.8 Å². The van der Waals surface area contributed by atoms with Crippen LogP contribution in [0.1, 0.15) is 34.7 Å². The summed E-state index contributed by atoms with van der Waals surface area (Å²) in [5.74, 6) is 0.0654. The average Bonchev–Trinajstić information content (AvgIpc) is 2.64. The molecule has 1 atom stereocenters. The third-order valence-corrected chi connectivity index (χ3v) is 4.87. The van der Waals surface area contributed by atoms with Crippen molar-refractivity contribution in [2.45, 2.75) is 31.5 Å². The summed E-state index contributed by atoms with van der Waals surface area (Å²) in [6.07, 6.45) is -2.74. The van der Waals surface area contributed by atoms with E-state index in [4.69, 9.17) is 9.47 Å². The number of benzene rings is 2. The van der Waals surface area contributed by atoms with Gasteiger partial charge in [-0.05, 0) is 66.8 Å². The molecule has 146 valence electrons. The Labute approximate surface area is 155 Å². The Kier molecular flexibility index (Phi) is 5.60. The van der Waals surface area contributed by atoms with Crippen molar-refractivity contribution >= 4 is 0 Å². The van der Waals surface area contributed by atoms with Gasteiger partial charge in [-0.15, -0.1) is 0 Å². The fourth-order valence-corrected chi connectivity index (χ4v) is 3.48. The number of halogens is 4. The number of methoxy groups -OCH3 is 2. The number of fused-ring (bicyclic) bond motifs is 1. The molecule has 0 radical (unpaired) electrons. The quantitative estimate of drug-likeness (QED) is 0.761. The summed E-state index contributed by atoms with van der Waals surface area (Å²) in [5, 5.41) is 3.41. The molecule has 0 aromatic heterocycles. The second kappa shape index (κ2) is 7.76.